The van der Waals surface area contributed by atoms with Gasteiger partial charge in [-0.2, -0.15) is 0 Å². The molecule has 0 fully saturated rings. The van der Waals surface area contributed by atoms with Crippen molar-refractivity contribution in [3.05, 3.63) is 27.8 Å². The molecule has 0 bridgehead atoms. The predicted molar refractivity (Wildman–Crippen MR) is 72.8 cm³/mol. The second kappa shape index (κ2) is 5.97. The number of aryl methyl sites for hydroxylation is 1. The summed E-state index contributed by atoms with van der Waals surface area (Å²) in [6.07, 6.45) is 1.08. The van der Waals surface area contributed by atoms with Crippen LogP contribution in [0, 0.1) is 0 Å². The fraction of sp³-hybridized carbons (Fsp3) is 0.500. The van der Waals surface area contributed by atoms with E-state index in [1.54, 1.807) is 11.3 Å². The molecule has 2 aromatic rings. The average molecular weight is 266 g/mol. The van der Waals surface area contributed by atoms with Crippen LogP contribution in [0.2, 0.25) is 0 Å². The minimum atomic E-state index is 0.0708. The number of thiophene rings is 1. The van der Waals surface area contributed by atoms with Crippen LogP contribution in [-0.4, -0.2) is 17.2 Å². The Balaban J connectivity index is 1.91. The zero-order valence-electron chi connectivity index (χ0n) is 10.9. The normalized spacial score (nSPS) is 12.6. The van der Waals surface area contributed by atoms with Gasteiger partial charge in [-0.15, -0.1) is 16.4 Å². The number of rotatable bonds is 6. The summed E-state index contributed by atoms with van der Waals surface area (Å²) in [5, 5.41) is 14.1. The van der Waals surface area contributed by atoms with Gasteiger partial charge in [-0.25, -0.2) is 0 Å². The first kappa shape index (κ1) is 13.0. The Morgan fingerprint density at radius 1 is 1.33 bits per heavy atom. The van der Waals surface area contributed by atoms with Crippen molar-refractivity contribution in [3.63, 3.8) is 0 Å². The SMILES string of the molecule is CCc1ccc(CNc2nnc(C(C)NC)o2)s1. The van der Waals surface area contributed by atoms with E-state index >= 15 is 0 Å². The van der Waals surface area contributed by atoms with Gasteiger partial charge in [0.15, 0.2) is 0 Å². The molecule has 0 spiro atoms. The Labute approximate surface area is 111 Å². The van der Waals surface area contributed by atoms with Gasteiger partial charge < -0.3 is 15.1 Å². The Morgan fingerprint density at radius 3 is 2.78 bits per heavy atom. The molecule has 6 heteroatoms. The predicted octanol–water partition coefficient (Wildman–Crippen LogP) is 2.59. The smallest absolute Gasteiger partial charge is 0.315 e. The monoisotopic (exact) mass is 266 g/mol. The van der Waals surface area contributed by atoms with Crippen LogP contribution in [0.5, 0.6) is 0 Å². The van der Waals surface area contributed by atoms with E-state index in [2.05, 4.69) is 39.9 Å². The van der Waals surface area contributed by atoms with Crippen LogP contribution in [-0.2, 0) is 13.0 Å². The van der Waals surface area contributed by atoms with Crippen LogP contribution in [0.25, 0.3) is 0 Å². The summed E-state index contributed by atoms with van der Waals surface area (Å²) in [6, 6.07) is 4.83. The lowest BCUT2D eigenvalue weighted by molar-refractivity contribution is 0.441. The van der Waals surface area contributed by atoms with Crippen molar-refractivity contribution < 1.29 is 4.42 Å². The van der Waals surface area contributed by atoms with Gasteiger partial charge in [0.25, 0.3) is 0 Å². The highest BCUT2D eigenvalue weighted by Crippen LogP contribution is 2.19. The number of nitrogens with zero attached hydrogens (tertiary/aromatic N) is 2. The summed E-state index contributed by atoms with van der Waals surface area (Å²) < 4.78 is 5.50. The van der Waals surface area contributed by atoms with Crippen molar-refractivity contribution in [2.24, 2.45) is 0 Å². The molecule has 1 atom stereocenters. The standard InChI is InChI=1S/C12H18N4OS/c1-4-9-5-6-10(18-9)7-14-12-16-15-11(17-12)8(2)13-3/h5-6,8,13H,4,7H2,1-3H3,(H,14,16). The van der Waals surface area contributed by atoms with Crippen molar-refractivity contribution >= 4 is 17.4 Å². The summed E-state index contributed by atoms with van der Waals surface area (Å²) in [7, 11) is 1.86. The Kier molecular flexibility index (Phi) is 4.33. The molecular weight excluding hydrogens is 248 g/mol. The fourth-order valence-corrected chi connectivity index (χ4v) is 2.37. The lowest BCUT2D eigenvalue weighted by Crippen LogP contribution is -2.12. The molecule has 5 nitrogen and oxygen atoms in total. The van der Waals surface area contributed by atoms with Gasteiger partial charge >= 0.3 is 6.01 Å². The van der Waals surface area contributed by atoms with E-state index in [1.807, 2.05) is 14.0 Å². The molecule has 98 valence electrons. The molecule has 2 aromatic heterocycles. The van der Waals surface area contributed by atoms with Crippen LogP contribution in [0.3, 0.4) is 0 Å². The van der Waals surface area contributed by atoms with Crippen LogP contribution in [0.15, 0.2) is 16.5 Å². The quantitative estimate of drug-likeness (QED) is 0.841. The maximum Gasteiger partial charge on any atom is 0.315 e. The first-order valence-corrected chi connectivity index (χ1v) is 6.86. The first-order valence-electron chi connectivity index (χ1n) is 6.05. The van der Waals surface area contributed by atoms with Crippen molar-refractivity contribution in [2.75, 3.05) is 12.4 Å². The molecule has 2 rings (SSSR count). The van der Waals surface area contributed by atoms with Crippen molar-refractivity contribution in [2.45, 2.75) is 32.9 Å². The number of hydrogen-bond donors (Lipinski definition) is 2. The lowest BCUT2D eigenvalue weighted by atomic mass is 10.3. The Hall–Kier alpha value is -1.40. The number of hydrogen-bond acceptors (Lipinski definition) is 6. The molecule has 0 aromatic carbocycles. The maximum absolute atomic E-state index is 5.50. The largest absolute Gasteiger partial charge is 0.406 e. The third-order valence-corrected chi connectivity index (χ3v) is 3.95. The molecule has 0 amide bonds. The molecule has 18 heavy (non-hydrogen) atoms. The van der Waals surface area contributed by atoms with Gasteiger partial charge in [-0.3, -0.25) is 0 Å². The third-order valence-electron chi connectivity index (χ3n) is 2.72. The Morgan fingerprint density at radius 2 is 2.11 bits per heavy atom. The zero-order chi connectivity index (χ0) is 13.0. The van der Waals surface area contributed by atoms with Crippen LogP contribution in [0.4, 0.5) is 6.01 Å². The van der Waals surface area contributed by atoms with E-state index < -0.39 is 0 Å². The fourth-order valence-electron chi connectivity index (χ4n) is 1.47. The highest BCUT2D eigenvalue weighted by Gasteiger charge is 2.11. The second-order valence-corrected chi connectivity index (χ2v) is 5.28. The van der Waals surface area contributed by atoms with Gasteiger partial charge in [0.2, 0.25) is 5.89 Å². The van der Waals surface area contributed by atoms with Crippen molar-refractivity contribution in [3.8, 4) is 0 Å². The van der Waals surface area contributed by atoms with E-state index in [4.69, 9.17) is 4.42 Å². The average Bonchev–Trinajstić information content (AvgIpc) is 3.04. The summed E-state index contributed by atoms with van der Waals surface area (Å²) in [5.41, 5.74) is 0. The Bertz CT molecular complexity index is 494. The third kappa shape index (κ3) is 3.08. The highest BCUT2D eigenvalue weighted by atomic mass is 32.1. The van der Waals surface area contributed by atoms with Gasteiger partial charge in [0, 0.05) is 9.75 Å². The number of aromatic nitrogens is 2. The molecule has 0 aliphatic rings. The molecule has 0 saturated heterocycles. The molecule has 0 aliphatic carbocycles. The number of anilines is 1. The summed E-state index contributed by atoms with van der Waals surface area (Å²) in [5.74, 6) is 0.598. The van der Waals surface area contributed by atoms with E-state index in [9.17, 15) is 0 Å². The van der Waals surface area contributed by atoms with Crippen LogP contribution in [0.1, 0.15) is 35.5 Å². The van der Waals surface area contributed by atoms with Crippen molar-refractivity contribution in [1.82, 2.24) is 15.5 Å². The van der Waals surface area contributed by atoms with Crippen molar-refractivity contribution in [1.29, 1.82) is 0 Å². The maximum atomic E-state index is 5.50. The zero-order valence-corrected chi connectivity index (χ0v) is 11.7. The van der Waals surface area contributed by atoms with Gasteiger partial charge in [0.05, 0.1) is 12.6 Å². The minimum absolute atomic E-state index is 0.0708. The highest BCUT2D eigenvalue weighted by molar-refractivity contribution is 7.12. The molecule has 2 N–H and O–H groups in total. The summed E-state index contributed by atoms with van der Waals surface area (Å²) in [4.78, 5) is 2.66. The second-order valence-electron chi connectivity index (χ2n) is 4.03. The number of nitrogens with one attached hydrogen (secondary N) is 2. The van der Waals surface area contributed by atoms with E-state index in [0.29, 0.717) is 11.9 Å². The van der Waals surface area contributed by atoms with E-state index in [-0.39, 0.29) is 6.04 Å². The molecule has 1 unspecified atom stereocenters. The van der Waals surface area contributed by atoms with Crippen LogP contribution >= 0.6 is 11.3 Å². The van der Waals surface area contributed by atoms with Gasteiger partial charge in [-0.1, -0.05) is 12.0 Å². The van der Waals surface area contributed by atoms with Gasteiger partial charge in [-0.05, 0) is 32.5 Å². The molecule has 0 radical (unpaired) electrons. The molecular formula is C12H18N4OS. The molecule has 2 heterocycles. The molecule has 0 saturated carbocycles. The lowest BCUT2D eigenvalue weighted by Gasteiger charge is -2.02. The first-order chi connectivity index (χ1) is 8.72. The molecule has 0 aliphatic heterocycles. The van der Waals surface area contributed by atoms with Gasteiger partial charge in [0.1, 0.15) is 0 Å². The minimum Gasteiger partial charge on any atom is -0.406 e. The summed E-state index contributed by atoms with van der Waals surface area (Å²) in [6.45, 7) is 4.86. The topological polar surface area (TPSA) is 63.0 Å². The summed E-state index contributed by atoms with van der Waals surface area (Å²) >= 11 is 1.81. The van der Waals surface area contributed by atoms with E-state index in [1.165, 1.54) is 9.75 Å². The van der Waals surface area contributed by atoms with E-state index in [0.717, 1.165) is 13.0 Å². The van der Waals surface area contributed by atoms with Crippen LogP contribution < -0.4 is 10.6 Å².